The lowest BCUT2D eigenvalue weighted by atomic mass is 9.85. The van der Waals surface area contributed by atoms with Crippen molar-refractivity contribution in [3.63, 3.8) is 0 Å². The van der Waals surface area contributed by atoms with E-state index in [0.29, 0.717) is 17.8 Å². The van der Waals surface area contributed by atoms with Crippen molar-refractivity contribution < 1.29 is 4.79 Å². The maximum Gasteiger partial charge on any atom is 0.276 e. The molecule has 2 heterocycles. The Morgan fingerprint density at radius 1 is 1.08 bits per heavy atom. The number of fused-ring (bicyclic) bond motifs is 1. The third-order valence-electron chi connectivity index (χ3n) is 5.52. The Balaban J connectivity index is 1.49. The van der Waals surface area contributed by atoms with Crippen molar-refractivity contribution in [2.24, 2.45) is 5.92 Å². The van der Waals surface area contributed by atoms with Crippen molar-refractivity contribution in [3.05, 3.63) is 48.2 Å². The molecule has 2 aliphatic rings. The lowest BCUT2D eigenvalue weighted by Gasteiger charge is -2.33. The van der Waals surface area contributed by atoms with Crippen LogP contribution in [0.5, 0.6) is 0 Å². The van der Waals surface area contributed by atoms with Gasteiger partial charge in [0.05, 0.1) is 0 Å². The summed E-state index contributed by atoms with van der Waals surface area (Å²) in [5.74, 6) is 1.46. The van der Waals surface area contributed by atoms with Gasteiger partial charge in [0, 0.05) is 17.8 Å². The summed E-state index contributed by atoms with van der Waals surface area (Å²) in [5.41, 5.74) is 1.11. The zero-order chi connectivity index (χ0) is 17.2. The fourth-order valence-electron chi connectivity index (χ4n) is 4.40. The molecule has 1 saturated carbocycles. The molecule has 1 N–H and O–H groups in total. The molecular weight excluding hydrogens is 312 g/mol. The summed E-state index contributed by atoms with van der Waals surface area (Å²) in [7, 11) is 0. The standard InChI is InChI=1S/C20H24N4O/c1-14-13-15-7-5-6-10-18(15)24(14)19-12-11-17(22-23-19)20(25)21-16-8-3-2-4-9-16/h2-4,8-9,11-12,14-15,18H,5-7,10,13H2,1H3,(H,21,25). The molecule has 4 rings (SSSR count). The van der Waals surface area contributed by atoms with E-state index in [0.717, 1.165) is 17.4 Å². The number of aromatic nitrogens is 2. The van der Waals surface area contributed by atoms with E-state index in [-0.39, 0.29) is 5.91 Å². The Morgan fingerprint density at radius 2 is 1.88 bits per heavy atom. The highest BCUT2D eigenvalue weighted by Gasteiger charge is 2.40. The van der Waals surface area contributed by atoms with Gasteiger partial charge in [-0.15, -0.1) is 10.2 Å². The third kappa shape index (κ3) is 3.23. The van der Waals surface area contributed by atoms with Gasteiger partial charge < -0.3 is 10.2 Å². The molecule has 130 valence electrons. The minimum Gasteiger partial charge on any atom is -0.349 e. The lowest BCUT2D eigenvalue weighted by molar-refractivity contribution is 0.102. The first-order valence-electron chi connectivity index (χ1n) is 9.21. The molecule has 1 aliphatic heterocycles. The minimum absolute atomic E-state index is 0.227. The van der Waals surface area contributed by atoms with Crippen LogP contribution in [-0.4, -0.2) is 28.2 Å². The molecule has 1 aromatic carbocycles. The predicted octanol–water partition coefficient (Wildman–Crippen LogP) is 3.89. The highest BCUT2D eigenvalue weighted by atomic mass is 16.1. The molecule has 2 aromatic rings. The molecule has 25 heavy (non-hydrogen) atoms. The first kappa shape index (κ1) is 16.1. The van der Waals surface area contributed by atoms with Crippen molar-refractivity contribution in [1.82, 2.24) is 10.2 Å². The quantitative estimate of drug-likeness (QED) is 0.924. The molecule has 3 atom stereocenters. The summed E-state index contributed by atoms with van der Waals surface area (Å²) in [6.45, 7) is 2.27. The average molecular weight is 336 g/mol. The van der Waals surface area contributed by atoms with Crippen LogP contribution in [0.25, 0.3) is 0 Å². The van der Waals surface area contributed by atoms with Gasteiger partial charge in [-0.1, -0.05) is 31.0 Å². The topological polar surface area (TPSA) is 58.1 Å². The van der Waals surface area contributed by atoms with Gasteiger partial charge in [-0.25, -0.2) is 0 Å². The normalized spacial score (nSPS) is 25.5. The monoisotopic (exact) mass is 336 g/mol. The summed E-state index contributed by atoms with van der Waals surface area (Å²) >= 11 is 0. The zero-order valence-corrected chi connectivity index (χ0v) is 14.6. The van der Waals surface area contributed by atoms with Crippen molar-refractivity contribution >= 4 is 17.4 Å². The number of benzene rings is 1. The summed E-state index contributed by atoms with van der Waals surface area (Å²) < 4.78 is 0. The number of nitrogens with one attached hydrogen (secondary N) is 1. The second-order valence-corrected chi connectivity index (χ2v) is 7.20. The van der Waals surface area contributed by atoms with Gasteiger partial charge in [-0.05, 0) is 56.4 Å². The van der Waals surface area contributed by atoms with Crippen LogP contribution in [0.2, 0.25) is 0 Å². The molecule has 1 saturated heterocycles. The van der Waals surface area contributed by atoms with Gasteiger partial charge >= 0.3 is 0 Å². The van der Waals surface area contributed by atoms with Gasteiger partial charge in [-0.3, -0.25) is 4.79 Å². The summed E-state index contributed by atoms with van der Waals surface area (Å²) in [4.78, 5) is 14.7. The van der Waals surface area contributed by atoms with Gasteiger partial charge in [0.25, 0.3) is 5.91 Å². The number of hydrogen-bond acceptors (Lipinski definition) is 4. The Hall–Kier alpha value is -2.43. The molecule has 5 nitrogen and oxygen atoms in total. The van der Waals surface area contributed by atoms with Crippen molar-refractivity contribution in [2.75, 3.05) is 10.2 Å². The molecular formula is C20H24N4O. The molecule has 0 bridgehead atoms. The lowest BCUT2D eigenvalue weighted by Crippen LogP contribution is -2.38. The van der Waals surface area contributed by atoms with Crippen LogP contribution in [0.4, 0.5) is 11.5 Å². The maximum atomic E-state index is 12.3. The number of carbonyl (C=O) groups excluding carboxylic acids is 1. The number of nitrogens with zero attached hydrogens (tertiary/aromatic N) is 3. The van der Waals surface area contributed by atoms with Gasteiger partial charge in [0.2, 0.25) is 0 Å². The summed E-state index contributed by atoms with van der Waals surface area (Å²) in [5, 5.41) is 11.4. The summed E-state index contributed by atoms with van der Waals surface area (Å²) in [6, 6.07) is 14.2. The van der Waals surface area contributed by atoms with Crippen LogP contribution in [0, 0.1) is 5.92 Å². The molecule has 1 aliphatic carbocycles. The number of hydrogen-bond donors (Lipinski definition) is 1. The highest BCUT2D eigenvalue weighted by molar-refractivity contribution is 6.02. The van der Waals surface area contributed by atoms with Gasteiger partial charge in [0.15, 0.2) is 11.5 Å². The molecule has 0 radical (unpaired) electrons. The number of para-hydroxylation sites is 1. The fourth-order valence-corrected chi connectivity index (χ4v) is 4.40. The Kier molecular flexibility index (Phi) is 4.38. The minimum atomic E-state index is -0.227. The number of rotatable bonds is 3. The highest BCUT2D eigenvalue weighted by Crippen LogP contribution is 2.41. The van der Waals surface area contributed by atoms with Gasteiger partial charge in [0.1, 0.15) is 0 Å². The Labute approximate surface area is 148 Å². The van der Waals surface area contributed by atoms with E-state index in [1.807, 2.05) is 36.4 Å². The van der Waals surface area contributed by atoms with Crippen molar-refractivity contribution in [1.29, 1.82) is 0 Å². The van der Waals surface area contributed by atoms with E-state index in [9.17, 15) is 4.79 Å². The van der Waals surface area contributed by atoms with E-state index in [2.05, 4.69) is 27.3 Å². The maximum absolute atomic E-state index is 12.3. The van der Waals surface area contributed by atoms with Crippen molar-refractivity contribution in [2.45, 2.75) is 51.1 Å². The SMILES string of the molecule is CC1CC2CCCCC2N1c1ccc(C(=O)Nc2ccccc2)nn1. The van der Waals surface area contributed by atoms with E-state index < -0.39 is 0 Å². The number of anilines is 2. The number of carbonyl (C=O) groups is 1. The van der Waals surface area contributed by atoms with Crippen LogP contribution in [-0.2, 0) is 0 Å². The zero-order valence-electron chi connectivity index (χ0n) is 14.6. The Bertz CT molecular complexity index is 731. The van der Waals surface area contributed by atoms with E-state index in [1.165, 1.54) is 32.1 Å². The molecule has 3 unspecified atom stereocenters. The Morgan fingerprint density at radius 3 is 2.64 bits per heavy atom. The van der Waals surface area contributed by atoms with E-state index >= 15 is 0 Å². The largest absolute Gasteiger partial charge is 0.349 e. The second-order valence-electron chi connectivity index (χ2n) is 7.20. The van der Waals surface area contributed by atoms with Crippen LogP contribution < -0.4 is 10.2 Å². The molecule has 2 fully saturated rings. The molecule has 1 amide bonds. The van der Waals surface area contributed by atoms with Crippen molar-refractivity contribution in [3.8, 4) is 0 Å². The summed E-state index contributed by atoms with van der Waals surface area (Å²) in [6.07, 6.45) is 6.47. The first-order valence-corrected chi connectivity index (χ1v) is 9.21. The molecule has 0 spiro atoms. The molecule has 5 heteroatoms. The van der Waals surface area contributed by atoms with Crippen LogP contribution in [0.1, 0.15) is 49.5 Å². The second kappa shape index (κ2) is 6.82. The van der Waals surface area contributed by atoms with Gasteiger partial charge in [-0.2, -0.15) is 0 Å². The smallest absolute Gasteiger partial charge is 0.276 e. The third-order valence-corrected chi connectivity index (χ3v) is 5.52. The fraction of sp³-hybridized carbons (Fsp3) is 0.450. The van der Waals surface area contributed by atoms with Crippen LogP contribution in [0.15, 0.2) is 42.5 Å². The van der Waals surface area contributed by atoms with E-state index in [4.69, 9.17) is 0 Å². The predicted molar refractivity (Wildman–Crippen MR) is 98.7 cm³/mol. The van der Waals surface area contributed by atoms with Crippen LogP contribution >= 0.6 is 0 Å². The number of amides is 1. The molecule has 1 aromatic heterocycles. The first-order chi connectivity index (χ1) is 12.2. The van der Waals surface area contributed by atoms with Crippen LogP contribution in [0.3, 0.4) is 0 Å². The van der Waals surface area contributed by atoms with E-state index in [1.54, 1.807) is 6.07 Å². The average Bonchev–Trinajstić information content (AvgIpc) is 2.98.